The second-order valence-electron chi connectivity index (χ2n) is 7.53. The standard InChI is InChI=1S/C23H25N3O6S/c1-29-17-11-14-8-9-26(16(13-22(28)31-3)15(14)12-18(17)30-2)21(27)7-6-20-24-23(25-32-20)19-5-4-10-33-19/h4-5,10-12,16H,6-9,13H2,1-3H3. The molecule has 2 aromatic heterocycles. The van der Waals surface area contributed by atoms with E-state index >= 15 is 0 Å². The number of carbonyl (C=O) groups excluding carboxylic acids is 2. The Morgan fingerprint density at radius 1 is 1.21 bits per heavy atom. The number of nitrogens with zero attached hydrogens (tertiary/aromatic N) is 3. The zero-order chi connectivity index (χ0) is 23.4. The summed E-state index contributed by atoms with van der Waals surface area (Å²) < 4.78 is 21.1. The Labute approximate surface area is 195 Å². The van der Waals surface area contributed by atoms with E-state index < -0.39 is 12.0 Å². The minimum absolute atomic E-state index is 0.0494. The number of hydrogen-bond donors (Lipinski definition) is 0. The van der Waals surface area contributed by atoms with Crippen LogP contribution in [0.4, 0.5) is 0 Å². The van der Waals surface area contributed by atoms with Gasteiger partial charge in [0.1, 0.15) is 0 Å². The summed E-state index contributed by atoms with van der Waals surface area (Å²) in [6, 6.07) is 7.12. The van der Waals surface area contributed by atoms with Crippen molar-refractivity contribution in [1.29, 1.82) is 0 Å². The quantitative estimate of drug-likeness (QED) is 0.460. The van der Waals surface area contributed by atoms with Gasteiger partial charge in [-0.15, -0.1) is 11.3 Å². The Balaban J connectivity index is 1.53. The lowest BCUT2D eigenvalue weighted by Gasteiger charge is -2.37. The van der Waals surface area contributed by atoms with Gasteiger partial charge in [-0.3, -0.25) is 9.59 Å². The molecule has 1 aliphatic heterocycles. The van der Waals surface area contributed by atoms with Crippen molar-refractivity contribution in [3.05, 3.63) is 46.7 Å². The van der Waals surface area contributed by atoms with E-state index in [-0.39, 0.29) is 18.7 Å². The highest BCUT2D eigenvalue weighted by molar-refractivity contribution is 7.13. The predicted molar refractivity (Wildman–Crippen MR) is 120 cm³/mol. The molecule has 33 heavy (non-hydrogen) atoms. The van der Waals surface area contributed by atoms with Crippen LogP contribution in [-0.4, -0.2) is 54.8 Å². The monoisotopic (exact) mass is 471 g/mol. The molecule has 0 bridgehead atoms. The van der Waals surface area contributed by atoms with E-state index in [1.807, 2.05) is 29.6 Å². The van der Waals surface area contributed by atoms with Crippen LogP contribution in [0.2, 0.25) is 0 Å². The maximum atomic E-state index is 13.2. The highest BCUT2D eigenvalue weighted by Crippen LogP contribution is 2.40. The molecular formula is C23H25N3O6S. The van der Waals surface area contributed by atoms with Crippen LogP contribution in [0.3, 0.4) is 0 Å². The van der Waals surface area contributed by atoms with E-state index in [0.717, 1.165) is 16.0 Å². The van der Waals surface area contributed by atoms with E-state index in [1.54, 1.807) is 19.1 Å². The molecule has 3 heterocycles. The lowest BCUT2D eigenvalue weighted by Crippen LogP contribution is -2.41. The van der Waals surface area contributed by atoms with Crippen molar-refractivity contribution in [3.63, 3.8) is 0 Å². The van der Waals surface area contributed by atoms with Crippen LogP contribution in [0.25, 0.3) is 10.7 Å². The van der Waals surface area contributed by atoms with Crippen LogP contribution in [0, 0.1) is 0 Å². The maximum absolute atomic E-state index is 13.2. The Kier molecular flexibility index (Phi) is 6.93. The summed E-state index contributed by atoms with van der Waals surface area (Å²) in [4.78, 5) is 32.4. The second-order valence-corrected chi connectivity index (χ2v) is 8.48. The molecule has 3 aromatic rings. The Morgan fingerprint density at radius 3 is 2.70 bits per heavy atom. The van der Waals surface area contributed by atoms with Crippen molar-refractivity contribution in [2.75, 3.05) is 27.9 Å². The second kappa shape index (κ2) is 10.0. The smallest absolute Gasteiger partial charge is 0.307 e. The molecule has 1 amide bonds. The van der Waals surface area contributed by atoms with Crippen LogP contribution in [0.15, 0.2) is 34.2 Å². The topological polar surface area (TPSA) is 104 Å². The number of thiophene rings is 1. The van der Waals surface area contributed by atoms with E-state index in [9.17, 15) is 9.59 Å². The molecule has 1 atom stereocenters. The fourth-order valence-corrected chi connectivity index (χ4v) is 4.66. The predicted octanol–water partition coefficient (Wildman–Crippen LogP) is 3.44. The number of hydrogen-bond acceptors (Lipinski definition) is 9. The largest absolute Gasteiger partial charge is 0.493 e. The van der Waals surface area contributed by atoms with E-state index in [0.29, 0.717) is 42.6 Å². The molecule has 4 rings (SSSR count). The van der Waals surface area contributed by atoms with Gasteiger partial charge in [0.15, 0.2) is 11.5 Å². The van der Waals surface area contributed by atoms with Gasteiger partial charge >= 0.3 is 5.97 Å². The van der Waals surface area contributed by atoms with Crippen LogP contribution >= 0.6 is 11.3 Å². The van der Waals surface area contributed by atoms with Crippen molar-refractivity contribution >= 4 is 23.2 Å². The molecule has 1 aliphatic rings. The molecule has 0 fully saturated rings. The van der Waals surface area contributed by atoms with Gasteiger partial charge in [-0.1, -0.05) is 11.2 Å². The molecule has 0 N–H and O–H groups in total. The van der Waals surface area contributed by atoms with Gasteiger partial charge in [-0.05, 0) is 41.1 Å². The first kappa shape index (κ1) is 22.8. The van der Waals surface area contributed by atoms with Crippen LogP contribution in [0.5, 0.6) is 11.5 Å². The van der Waals surface area contributed by atoms with Crippen LogP contribution in [-0.2, 0) is 27.2 Å². The number of aryl methyl sites for hydroxylation is 1. The summed E-state index contributed by atoms with van der Waals surface area (Å²) in [5.41, 5.74) is 1.87. The molecule has 174 valence electrons. The van der Waals surface area contributed by atoms with Crippen molar-refractivity contribution in [3.8, 4) is 22.2 Å². The average Bonchev–Trinajstić information content (AvgIpc) is 3.53. The van der Waals surface area contributed by atoms with Gasteiger partial charge in [0, 0.05) is 19.4 Å². The Hall–Kier alpha value is -3.40. The minimum atomic E-state index is -0.460. The molecule has 0 aliphatic carbocycles. The van der Waals surface area contributed by atoms with Gasteiger partial charge in [0.2, 0.25) is 17.6 Å². The number of ether oxygens (including phenoxy) is 3. The summed E-state index contributed by atoms with van der Waals surface area (Å²) in [6.45, 7) is 0.479. The van der Waals surface area contributed by atoms with Crippen molar-refractivity contribution in [1.82, 2.24) is 15.0 Å². The average molecular weight is 472 g/mol. The van der Waals surface area contributed by atoms with Crippen LogP contribution < -0.4 is 9.47 Å². The third-order valence-corrected chi connectivity index (χ3v) is 6.54. The third kappa shape index (κ3) is 4.85. The summed E-state index contributed by atoms with van der Waals surface area (Å²) in [7, 11) is 4.48. The SMILES string of the molecule is COC(=O)CC1c2cc(OC)c(OC)cc2CCN1C(=O)CCc1nc(-c2cccs2)no1. The zero-order valence-corrected chi connectivity index (χ0v) is 19.5. The van der Waals surface area contributed by atoms with Gasteiger partial charge in [-0.2, -0.15) is 4.98 Å². The summed E-state index contributed by atoms with van der Waals surface area (Å²) in [5, 5.41) is 5.93. The number of amides is 1. The number of esters is 1. The molecule has 0 saturated heterocycles. The molecular weight excluding hydrogens is 446 g/mol. The third-order valence-electron chi connectivity index (χ3n) is 5.67. The maximum Gasteiger partial charge on any atom is 0.307 e. The van der Waals surface area contributed by atoms with E-state index in [4.69, 9.17) is 18.7 Å². The fraction of sp³-hybridized carbons (Fsp3) is 0.391. The molecule has 9 nitrogen and oxygen atoms in total. The minimum Gasteiger partial charge on any atom is -0.493 e. The molecule has 0 spiro atoms. The highest BCUT2D eigenvalue weighted by atomic mass is 32.1. The number of carbonyl (C=O) groups is 2. The van der Waals surface area contributed by atoms with Gasteiger partial charge in [-0.25, -0.2) is 0 Å². The van der Waals surface area contributed by atoms with Crippen molar-refractivity contribution < 1.29 is 28.3 Å². The van der Waals surface area contributed by atoms with E-state index in [2.05, 4.69) is 10.1 Å². The number of fused-ring (bicyclic) bond motifs is 1. The van der Waals surface area contributed by atoms with Crippen LogP contribution in [0.1, 0.15) is 35.9 Å². The Morgan fingerprint density at radius 2 is 2.00 bits per heavy atom. The normalized spacial score (nSPS) is 15.1. The molecule has 10 heteroatoms. The van der Waals surface area contributed by atoms with Crippen molar-refractivity contribution in [2.45, 2.75) is 31.7 Å². The fourth-order valence-electron chi connectivity index (χ4n) is 4.01. The number of benzene rings is 1. The van der Waals surface area contributed by atoms with E-state index in [1.165, 1.54) is 18.4 Å². The molecule has 1 unspecified atom stereocenters. The van der Waals surface area contributed by atoms with Gasteiger partial charge in [0.25, 0.3) is 0 Å². The number of rotatable bonds is 8. The lowest BCUT2D eigenvalue weighted by atomic mass is 9.89. The summed E-state index contributed by atoms with van der Waals surface area (Å²) in [5.74, 6) is 1.60. The molecule has 1 aromatic carbocycles. The lowest BCUT2D eigenvalue weighted by molar-refractivity contribution is -0.144. The van der Waals surface area contributed by atoms with Crippen molar-refractivity contribution in [2.24, 2.45) is 0 Å². The number of aromatic nitrogens is 2. The van der Waals surface area contributed by atoms with Gasteiger partial charge in [0.05, 0.1) is 38.7 Å². The number of methoxy groups -OCH3 is 3. The first-order valence-electron chi connectivity index (χ1n) is 10.5. The molecule has 0 saturated carbocycles. The Bertz CT molecular complexity index is 1130. The van der Waals surface area contributed by atoms with Gasteiger partial charge < -0.3 is 23.6 Å². The molecule has 0 radical (unpaired) electrons. The summed E-state index contributed by atoms with van der Waals surface area (Å²) >= 11 is 1.52. The first-order chi connectivity index (χ1) is 16.0. The summed E-state index contributed by atoms with van der Waals surface area (Å²) in [6.07, 6.45) is 1.19. The zero-order valence-electron chi connectivity index (χ0n) is 18.7. The first-order valence-corrected chi connectivity index (χ1v) is 11.4. The highest BCUT2D eigenvalue weighted by Gasteiger charge is 2.34.